The summed E-state index contributed by atoms with van der Waals surface area (Å²) in [7, 11) is 0. The highest BCUT2D eigenvalue weighted by molar-refractivity contribution is 6.30. The molecule has 6 heteroatoms. The van der Waals surface area contributed by atoms with Crippen LogP contribution in [0, 0.1) is 6.92 Å². The van der Waals surface area contributed by atoms with E-state index in [9.17, 15) is 4.79 Å². The summed E-state index contributed by atoms with van der Waals surface area (Å²) in [5.74, 6) is 1.18. The molecule has 1 aromatic carbocycles. The summed E-state index contributed by atoms with van der Waals surface area (Å²) in [5.41, 5.74) is 1.14. The number of morpholine rings is 1. The van der Waals surface area contributed by atoms with Crippen LogP contribution in [0.15, 0.2) is 28.7 Å². The minimum Gasteiger partial charge on any atom is -0.441 e. The van der Waals surface area contributed by atoms with Crippen LogP contribution in [0.5, 0.6) is 0 Å². The largest absolute Gasteiger partial charge is 0.441 e. The van der Waals surface area contributed by atoms with Gasteiger partial charge in [0.25, 0.3) is 0 Å². The van der Waals surface area contributed by atoms with Gasteiger partial charge in [-0.2, -0.15) is 0 Å². The smallest absolute Gasteiger partial charge is 0.229 e. The number of nitrogens with zero attached hydrogens (tertiary/aromatic N) is 2. The second-order valence-corrected chi connectivity index (χ2v) is 7.58. The first-order chi connectivity index (χ1) is 11.8. The number of hydrogen-bond acceptors (Lipinski definition) is 4. The Balaban J connectivity index is 1.80. The van der Waals surface area contributed by atoms with Crippen molar-refractivity contribution in [1.82, 2.24) is 9.88 Å². The molecule has 2 aromatic rings. The zero-order valence-electron chi connectivity index (χ0n) is 15.0. The van der Waals surface area contributed by atoms with Crippen LogP contribution < -0.4 is 0 Å². The van der Waals surface area contributed by atoms with E-state index in [2.05, 4.69) is 4.98 Å². The van der Waals surface area contributed by atoms with Crippen molar-refractivity contribution in [3.8, 4) is 11.5 Å². The van der Waals surface area contributed by atoms with Crippen LogP contribution >= 0.6 is 11.6 Å². The minimum atomic E-state index is -0.322. The van der Waals surface area contributed by atoms with Crippen LogP contribution in [0.25, 0.3) is 11.5 Å². The van der Waals surface area contributed by atoms with Crippen LogP contribution in [-0.2, 0) is 16.0 Å². The molecular weight excluding hydrogens is 340 g/mol. The topological polar surface area (TPSA) is 55.6 Å². The van der Waals surface area contributed by atoms with Gasteiger partial charge in [-0.1, -0.05) is 17.7 Å². The Kier molecular flexibility index (Phi) is 4.89. The van der Waals surface area contributed by atoms with Gasteiger partial charge in [-0.25, -0.2) is 4.98 Å². The third-order valence-electron chi connectivity index (χ3n) is 4.48. The Morgan fingerprint density at radius 3 is 2.92 bits per heavy atom. The van der Waals surface area contributed by atoms with Gasteiger partial charge >= 0.3 is 0 Å². The molecule has 0 radical (unpaired) electrons. The molecule has 25 heavy (non-hydrogen) atoms. The van der Waals surface area contributed by atoms with E-state index in [0.29, 0.717) is 35.5 Å². The molecule has 1 aromatic heterocycles. The van der Waals surface area contributed by atoms with Crippen molar-refractivity contribution in [2.24, 2.45) is 0 Å². The quantitative estimate of drug-likeness (QED) is 0.831. The summed E-state index contributed by atoms with van der Waals surface area (Å²) in [5, 5.41) is 0.620. The number of halogens is 1. The monoisotopic (exact) mass is 362 g/mol. The molecule has 0 bridgehead atoms. The number of oxazole rings is 1. The molecule has 1 aliphatic rings. The van der Waals surface area contributed by atoms with Gasteiger partial charge in [-0.05, 0) is 45.9 Å². The van der Waals surface area contributed by atoms with Crippen LogP contribution in [0.4, 0.5) is 0 Å². The molecule has 0 N–H and O–H groups in total. The lowest BCUT2D eigenvalue weighted by molar-refractivity contribution is -0.152. The van der Waals surface area contributed by atoms with Gasteiger partial charge in [-0.3, -0.25) is 4.79 Å². The number of aromatic nitrogens is 1. The number of amides is 1. The van der Waals surface area contributed by atoms with Crippen LogP contribution in [-0.4, -0.2) is 40.6 Å². The van der Waals surface area contributed by atoms with Crippen molar-refractivity contribution >= 4 is 17.5 Å². The van der Waals surface area contributed by atoms with E-state index in [1.807, 2.05) is 44.7 Å². The molecule has 1 saturated heterocycles. The first-order valence-corrected chi connectivity index (χ1v) is 8.78. The maximum absolute atomic E-state index is 12.8. The fourth-order valence-electron chi connectivity index (χ4n) is 3.00. The van der Waals surface area contributed by atoms with Crippen LogP contribution in [0.3, 0.4) is 0 Å². The third kappa shape index (κ3) is 3.88. The average molecular weight is 363 g/mol. The highest BCUT2D eigenvalue weighted by Gasteiger charge is 2.37. The number of carbonyl (C=O) groups is 1. The van der Waals surface area contributed by atoms with Crippen molar-refractivity contribution in [3.05, 3.63) is 40.7 Å². The molecule has 1 atom stereocenters. The lowest BCUT2D eigenvalue weighted by atomic mass is 10.00. The molecule has 0 spiro atoms. The summed E-state index contributed by atoms with van der Waals surface area (Å²) in [6.07, 6.45) is 0.254. The summed E-state index contributed by atoms with van der Waals surface area (Å²) in [6, 6.07) is 7.33. The van der Waals surface area contributed by atoms with Crippen LogP contribution in [0.2, 0.25) is 5.02 Å². The Labute approximate surface area is 152 Å². The fourth-order valence-corrected chi connectivity index (χ4v) is 3.19. The van der Waals surface area contributed by atoms with Gasteiger partial charge in [0.05, 0.1) is 30.4 Å². The maximum Gasteiger partial charge on any atom is 0.229 e. The van der Waals surface area contributed by atoms with Crippen molar-refractivity contribution < 1.29 is 13.9 Å². The average Bonchev–Trinajstić information content (AvgIpc) is 2.90. The van der Waals surface area contributed by atoms with Gasteiger partial charge in [0.15, 0.2) is 0 Å². The number of carbonyl (C=O) groups excluding carboxylic acids is 1. The summed E-state index contributed by atoms with van der Waals surface area (Å²) < 4.78 is 11.4. The Bertz CT molecular complexity index is 785. The number of rotatable bonds is 3. The van der Waals surface area contributed by atoms with Gasteiger partial charge in [-0.15, -0.1) is 0 Å². The normalized spacial score (nSPS) is 19.9. The second kappa shape index (κ2) is 6.81. The van der Waals surface area contributed by atoms with E-state index in [1.165, 1.54) is 0 Å². The van der Waals surface area contributed by atoms with Gasteiger partial charge in [0.1, 0.15) is 5.76 Å². The Morgan fingerprint density at radius 1 is 1.44 bits per heavy atom. The van der Waals surface area contributed by atoms with E-state index in [4.69, 9.17) is 20.8 Å². The molecule has 0 aliphatic carbocycles. The Morgan fingerprint density at radius 2 is 2.20 bits per heavy atom. The zero-order chi connectivity index (χ0) is 18.2. The van der Waals surface area contributed by atoms with Crippen molar-refractivity contribution in [3.63, 3.8) is 0 Å². The molecule has 1 unspecified atom stereocenters. The molecular formula is C19H23ClN2O3. The van der Waals surface area contributed by atoms with Gasteiger partial charge in [0, 0.05) is 17.1 Å². The highest BCUT2D eigenvalue weighted by Crippen LogP contribution is 2.26. The first-order valence-electron chi connectivity index (χ1n) is 8.40. The van der Waals surface area contributed by atoms with Crippen molar-refractivity contribution in [2.75, 3.05) is 13.2 Å². The molecule has 1 fully saturated rings. The van der Waals surface area contributed by atoms with E-state index in [1.54, 1.807) is 12.1 Å². The molecule has 1 aliphatic heterocycles. The number of ether oxygens (including phenoxy) is 1. The van der Waals surface area contributed by atoms with E-state index in [0.717, 1.165) is 5.56 Å². The molecule has 3 rings (SSSR count). The summed E-state index contributed by atoms with van der Waals surface area (Å²) in [4.78, 5) is 19.3. The number of aryl methyl sites for hydroxylation is 1. The number of benzene rings is 1. The fraction of sp³-hybridized carbons (Fsp3) is 0.474. The standard InChI is InChI=1S/C19H23ClN2O3/c1-12-10-22(19(3,4)11-24-12)17(23)9-16-13(2)25-18(21-16)14-6-5-7-15(20)8-14/h5-8,12H,9-11H2,1-4H3. The van der Waals surface area contributed by atoms with Gasteiger partial charge < -0.3 is 14.1 Å². The van der Waals surface area contributed by atoms with Crippen molar-refractivity contribution in [1.29, 1.82) is 0 Å². The summed E-state index contributed by atoms with van der Waals surface area (Å²) >= 11 is 6.03. The lowest BCUT2D eigenvalue weighted by Crippen LogP contribution is -2.58. The predicted molar refractivity (Wildman–Crippen MR) is 96.6 cm³/mol. The molecule has 0 saturated carbocycles. The van der Waals surface area contributed by atoms with Gasteiger partial charge in [0.2, 0.25) is 11.8 Å². The van der Waals surface area contributed by atoms with Crippen molar-refractivity contribution in [2.45, 2.75) is 45.8 Å². The zero-order valence-corrected chi connectivity index (χ0v) is 15.8. The maximum atomic E-state index is 12.8. The highest BCUT2D eigenvalue weighted by atomic mass is 35.5. The van der Waals surface area contributed by atoms with E-state index in [-0.39, 0.29) is 24.0 Å². The molecule has 134 valence electrons. The first kappa shape index (κ1) is 18.0. The summed E-state index contributed by atoms with van der Waals surface area (Å²) in [6.45, 7) is 8.97. The predicted octanol–water partition coefficient (Wildman–Crippen LogP) is 3.87. The van der Waals surface area contributed by atoms with E-state index < -0.39 is 0 Å². The molecule has 1 amide bonds. The number of hydrogen-bond donors (Lipinski definition) is 0. The minimum absolute atomic E-state index is 0.0363. The second-order valence-electron chi connectivity index (χ2n) is 7.15. The molecule has 5 nitrogen and oxygen atoms in total. The molecule has 2 heterocycles. The Hall–Kier alpha value is -1.85. The SMILES string of the molecule is Cc1oc(-c2cccc(Cl)c2)nc1CC(=O)N1CC(C)OCC1(C)C. The van der Waals surface area contributed by atoms with E-state index >= 15 is 0 Å². The lowest BCUT2D eigenvalue weighted by Gasteiger charge is -2.44. The van der Waals surface area contributed by atoms with Crippen LogP contribution in [0.1, 0.15) is 32.2 Å². The third-order valence-corrected chi connectivity index (χ3v) is 4.71.